The summed E-state index contributed by atoms with van der Waals surface area (Å²) in [6.07, 6.45) is 7.61. The zero-order chi connectivity index (χ0) is 21.5. The van der Waals surface area contributed by atoms with Crippen LogP contribution in [0.5, 0.6) is 10.9 Å². The molecule has 0 spiro atoms. The third-order valence-electron chi connectivity index (χ3n) is 6.37. The minimum Gasteiger partial charge on any atom is -0.494 e. The largest absolute Gasteiger partial charge is 0.494 e. The van der Waals surface area contributed by atoms with Crippen LogP contribution in [0.1, 0.15) is 44.6 Å². The highest BCUT2D eigenvalue weighted by atomic mass is 32.1. The fourth-order valence-electron chi connectivity index (χ4n) is 4.66. The lowest BCUT2D eigenvalue weighted by atomic mass is 9.98. The lowest BCUT2D eigenvalue weighted by molar-refractivity contribution is -0.132. The fraction of sp³-hybridized carbons (Fsp3) is 0.583. The average molecular weight is 444 g/mol. The standard InChI is InChI=1S/C24H33N3O3S/c1-2-29-22-6-4-3-5-19(22)7-8-23(28)27-14-9-20(10-15-27)26-16-11-21(12-17-26)30-24-25-13-18-31-24/h3-6,13,18,20-21H,2,7-12,14-17H2,1H3. The van der Waals surface area contributed by atoms with Gasteiger partial charge in [0.15, 0.2) is 0 Å². The Morgan fingerprint density at radius 2 is 1.90 bits per heavy atom. The molecular weight excluding hydrogens is 410 g/mol. The van der Waals surface area contributed by atoms with Crippen LogP contribution in [-0.4, -0.2) is 65.6 Å². The van der Waals surface area contributed by atoms with Gasteiger partial charge < -0.3 is 14.4 Å². The lowest BCUT2D eigenvalue weighted by Crippen LogP contribution is -2.50. The van der Waals surface area contributed by atoms with Crippen LogP contribution in [0.3, 0.4) is 0 Å². The highest BCUT2D eigenvalue weighted by molar-refractivity contribution is 7.11. The van der Waals surface area contributed by atoms with Crippen molar-refractivity contribution in [2.24, 2.45) is 0 Å². The molecule has 0 bridgehead atoms. The van der Waals surface area contributed by atoms with Gasteiger partial charge in [0.1, 0.15) is 11.9 Å². The molecule has 7 heteroatoms. The number of amides is 1. The topological polar surface area (TPSA) is 54.9 Å². The van der Waals surface area contributed by atoms with Gasteiger partial charge in [-0.25, -0.2) is 4.98 Å². The van der Waals surface area contributed by atoms with E-state index in [1.165, 1.54) is 0 Å². The summed E-state index contributed by atoms with van der Waals surface area (Å²) in [6.45, 7) is 6.51. The van der Waals surface area contributed by atoms with E-state index >= 15 is 0 Å². The predicted octanol–water partition coefficient (Wildman–Crippen LogP) is 4.01. The molecule has 2 aliphatic heterocycles. The number of para-hydroxylation sites is 1. The van der Waals surface area contributed by atoms with Gasteiger partial charge in [-0.3, -0.25) is 9.69 Å². The zero-order valence-electron chi connectivity index (χ0n) is 18.4. The number of hydrogen-bond acceptors (Lipinski definition) is 6. The number of benzene rings is 1. The van der Waals surface area contributed by atoms with E-state index in [0.717, 1.165) is 74.8 Å². The monoisotopic (exact) mass is 443 g/mol. The van der Waals surface area contributed by atoms with E-state index in [2.05, 4.69) is 20.9 Å². The van der Waals surface area contributed by atoms with Crippen molar-refractivity contribution in [3.8, 4) is 10.9 Å². The second-order valence-corrected chi connectivity index (χ2v) is 9.16. The number of piperidine rings is 2. The Bertz CT molecular complexity index is 813. The Kier molecular flexibility index (Phi) is 7.81. The molecular formula is C24H33N3O3S. The van der Waals surface area contributed by atoms with E-state index in [4.69, 9.17) is 9.47 Å². The second kappa shape index (κ2) is 11.0. The van der Waals surface area contributed by atoms with Crippen LogP contribution in [-0.2, 0) is 11.2 Å². The van der Waals surface area contributed by atoms with Gasteiger partial charge in [0.25, 0.3) is 5.19 Å². The van der Waals surface area contributed by atoms with Gasteiger partial charge in [-0.2, -0.15) is 0 Å². The molecule has 0 N–H and O–H groups in total. The van der Waals surface area contributed by atoms with E-state index in [-0.39, 0.29) is 12.0 Å². The number of nitrogens with zero attached hydrogens (tertiary/aromatic N) is 3. The molecule has 6 nitrogen and oxygen atoms in total. The first-order valence-corrected chi connectivity index (χ1v) is 12.4. The number of carbonyl (C=O) groups is 1. The number of thiazole rings is 1. The average Bonchev–Trinajstić information content (AvgIpc) is 3.32. The SMILES string of the molecule is CCOc1ccccc1CCC(=O)N1CCC(N2CCC(Oc3nccs3)CC2)CC1. The summed E-state index contributed by atoms with van der Waals surface area (Å²) in [7, 11) is 0. The summed E-state index contributed by atoms with van der Waals surface area (Å²) in [4.78, 5) is 21.7. The molecule has 0 aliphatic carbocycles. The number of hydrogen-bond donors (Lipinski definition) is 0. The first-order valence-electron chi connectivity index (χ1n) is 11.5. The van der Waals surface area contributed by atoms with Crippen LogP contribution in [0.15, 0.2) is 35.8 Å². The molecule has 0 atom stereocenters. The summed E-state index contributed by atoms with van der Waals surface area (Å²) >= 11 is 1.56. The van der Waals surface area contributed by atoms with Crippen LogP contribution in [0.2, 0.25) is 0 Å². The zero-order valence-corrected chi connectivity index (χ0v) is 19.2. The van der Waals surface area contributed by atoms with Crippen molar-refractivity contribution in [3.63, 3.8) is 0 Å². The summed E-state index contributed by atoms with van der Waals surface area (Å²) in [5.41, 5.74) is 1.12. The molecule has 2 saturated heterocycles. The molecule has 0 saturated carbocycles. The Morgan fingerprint density at radius 1 is 1.13 bits per heavy atom. The minimum absolute atomic E-state index is 0.264. The highest BCUT2D eigenvalue weighted by Gasteiger charge is 2.30. The number of carbonyl (C=O) groups excluding carboxylic acids is 1. The maximum absolute atomic E-state index is 12.8. The van der Waals surface area contributed by atoms with Gasteiger partial charge in [0.2, 0.25) is 5.91 Å². The predicted molar refractivity (Wildman–Crippen MR) is 123 cm³/mol. The van der Waals surface area contributed by atoms with Crippen LogP contribution in [0.25, 0.3) is 0 Å². The first kappa shape index (κ1) is 22.1. The van der Waals surface area contributed by atoms with Crippen molar-refractivity contribution in [2.45, 2.75) is 57.6 Å². The number of rotatable bonds is 8. The van der Waals surface area contributed by atoms with E-state index < -0.39 is 0 Å². The van der Waals surface area contributed by atoms with Crippen molar-refractivity contribution in [1.29, 1.82) is 0 Å². The molecule has 168 valence electrons. The molecule has 0 radical (unpaired) electrons. The maximum Gasteiger partial charge on any atom is 0.273 e. The molecule has 3 heterocycles. The number of aryl methyl sites for hydroxylation is 1. The third-order valence-corrected chi connectivity index (χ3v) is 7.03. The van der Waals surface area contributed by atoms with Gasteiger partial charge in [-0.15, -0.1) is 0 Å². The van der Waals surface area contributed by atoms with E-state index in [1.54, 1.807) is 17.5 Å². The molecule has 2 aliphatic rings. The Hall–Kier alpha value is -2.12. The van der Waals surface area contributed by atoms with Crippen molar-refractivity contribution in [1.82, 2.24) is 14.8 Å². The van der Waals surface area contributed by atoms with Crippen LogP contribution < -0.4 is 9.47 Å². The summed E-state index contributed by atoms with van der Waals surface area (Å²) in [5, 5.41) is 2.74. The molecule has 2 aromatic rings. The lowest BCUT2D eigenvalue weighted by Gasteiger charge is -2.41. The molecule has 31 heavy (non-hydrogen) atoms. The van der Waals surface area contributed by atoms with Crippen LogP contribution >= 0.6 is 11.3 Å². The summed E-state index contributed by atoms with van der Waals surface area (Å²) < 4.78 is 11.7. The number of ether oxygens (including phenoxy) is 2. The molecule has 2 fully saturated rings. The normalized spacial score (nSPS) is 18.8. The summed E-state index contributed by atoms with van der Waals surface area (Å²) in [6, 6.07) is 8.63. The molecule has 1 amide bonds. The van der Waals surface area contributed by atoms with Crippen molar-refractivity contribution in [2.75, 3.05) is 32.8 Å². The fourth-order valence-corrected chi connectivity index (χ4v) is 5.21. The Labute approximate surface area is 189 Å². The first-order chi connectivity index (χ1) is 15.2. The molecule has 1 aromatic heterocycles. The number of likely N-dealkylation sites (tertiary alicyclic amines) is 2. The van der Waals surface area contributed by atoms with Crippen molar-refractivity contribution in [3.05, 3.63) is 41.4 Å². The van der Waals surface area contributed by atoms with Crippen molar-refractivity contribution < 1.29 is 14.3 Å². The van der Waals surface area contributed by atoms with Gasteiger partial charge in [-0.1, -0.05) is 29.5 Å². The summed E-state index contributed by atoms with van der Waals surface area (Å²) in [5.74, 6) is 1.17. The molecule has 0 unspecified atom stereocenters. The van der Waals surface area contributed by atoms with E-state index in [9.17, 15) is 4.79 Å². The highest BCUT2D eigenvalue weighted by Crippen LogP contribution is 2.25. The van der Waals surface area contributed by atoms with E-state index in [1.807, 2.05) is 30.5 Å². The smallest absolute Gasteiger partial charge is 0.273 e. The maximum atomic E-state index is 12.8. The van der Waals surface area contributed by atoms with Crippen LogP contribution in [0.4, 0.5) is 0 Å². The third kappa shape index (κ3) is 5.98. The molecule has 1 aromatic carbocycles. The van der Waals surface area contributed by atoms with Gasteiger partial charge >= 0.3 is 0 Å². The van der Waals surface area contributed by atoms with Gasteiger partial charge in [0.05, 0.1) is 6.61 Å². The second-order valence-electron chi connectivity index (χ2n) is 8.30. The van der Waals surface area contributed by atoms with E-state index in [0.29, 0.717) is 19.1 Å². The van der Waals surface area contributed by atoms with Crippen LogP contribution in [0, 0.1) is 0 Å². The number of aromatic nitrogens is 1. The minimum atomic E-state index is 0.264. The molecule has 4 rings (SSSR count). The quantitative estimate of drug-likeness (QED) is 0.617. The van der Waals surface area contributed by atoms with Gasteiger partial charge in [-0.05, 0) is 50.7 Å². The van der Waals surface area contributed by atoms with Gasteiger partial charge in [0, 0.05) is 50.2 Å². The Morgan fingerprint density at radius 3 is 2.61 bits per heavy atom. The Balaban J connectivity index is 1.18. The van der Waals surface area contributed by atoms with Crippen molar-refractivity contribution >= 4 is 17.2 Å².